The average Bonchev–Trinajstić information content (AvgIpc) is 3.25. The Morgan fingerprint density at radius 1 is 1.02 bits per heavy atom. The number of carbonyl (C=O) groups is 1. The third-order valence-electron chi connectivity index (χ3n) is 8.54. The summed E-state index contributed by atoms with van der Waals surface area (Å²) < 4.78 is 21.0. The molecule has 0 radical (unpaired) electrons. The third kappa shape index (κ3) is 5.83. The summed E-state index contributed by atoms with van der Waals surface area (Å²) in [5.41, 5.74) is 6.71. The predicted molar refractivity (Wildman–Crippen MR) is 185 cm³/mol. The first-order chi connectivity index (χ1) is 19.3. The minimum absolute atomic E-state index is 0.0775. The van der Waals surface area contributed by atoms with Gasteiger partial charge in [-0.05, 0) is 105 Å². The van der Waals surface area contributed by atoms with E-state index in [-0.39, 0.29) is 17.0 Å². The van der Waals surface area contributed by atoms with Crippen molar-refractivity contribution >= 4 is 77.0 Å². The third-order valence-corrected chi connectivity index (χ3v) is 16.6. The molecule has 2 aliphatic rings. The number of rotatable bonds is 7. The van der Waals surface area contributed by atoms with E-state index in [0.29, 0.717) is 36.0 Å². The zero-order valence-corrected chi connectivity index (χ0v) is 29.9. The van der Waals surface area contributed by atoms with Crippen molar-refractivity contribution in [3.05, 3.63) is 77.4 Å². The molecule has 2 aliphatic heterocycles. The van der Waals surface area contributed by atoms with Gasteiger partial charge in [-0.25, -0.2) is 0 Å². The molecule has 6 nitrogen and oxygen atoms in total. The molecule has 0 fully saturated rings. The van der Waals surface area contributed by atoms with Crippen LogP contribution in [0.25, 0.3) is 0 Å². The van der Waals surface area contributed by atoms with E-state index in [1.54, 1.807) is 13.2 Å². The highest BCUT2D eigenvalue weighted by Crippen LogP contribution is 2.42. The summed E-state index contributed by atoms with van der Waals surface area (Å²) in [5.74, 6) is 0.993. The van der Waals surface area contributed by atoms with Gasteiger partial charge in [-0.15, -0.1) is 0 Å². The summed E-state index contributed by atoms with van der Waals surface area (Å²) in [6.45, 7) is 14.5. The first-order valence-corrected chi connectivity index (χ1v) is 18.8. The summed E-state index contributed by atoms with van der Waals surface area (Å²) in [6.07, 6.45) is 2.63. The summed E-state index contributed by atoms with van der Waals surface area (Å²) in [5, 5.41) is 0.147. The van der Waals surface area contributed by atoms with E-state index in [0.717, 1.165) is 26.8 Å². The number of para-hydroxylation sites is 1. The SMILES string of the molecule is COc1cc2c(cc1OCc1cc(CO[Si](C)(C)C(C)(C)C)c(C)c(I)c1I)N=C[C@@H]1Cc3ccccc3N1C2=O. The molecule has 0 bridgehead atoms. The molecule has 3 aromatic carbocycles. The Labute approximate surface area is 271 Å². The molecule has 0 N–H and O–H groups in total. The molecular formula is C32H36I2N2O4Si. The molecule has 1 atom stereocenters. The number of benzene rings is 3. The Bertz CT molecular complexity index is 1550. The number of hydrogen-bond acceptors (Lipinski definition) is 5. The number of fused-ring (bicyclic) bond motifs is 4. The van der Waals surface area contributed by atoms with Crippen molar-refractivity contribution in [1.29, 1.82) is 0 Å². The number of amides is 1. The van der Waals surface area contributed by atoms with Crippen LogP contribution in [-0.4, -0.2) is 33.6 Å². The summed E-state index contributed by atoms with van der Waals surface area (Å²) in [7, 11) is -0.292. The molecule has 0 spiro atoms. The molecule has 0 aromatic heterocycles. The second-order valence-electron chi connectivity index (χ2n) is 12.2. The molecule has 0 unspecified atom stereocenters. The maximum atomic E-state index is 13.7. The van der Waals surface area contributed by atoms with Gasteiger partial charge in [-0.3, -0.25) is 14.7 Å². The number of methoxy groups -OCH3 is 1. The van der Waals surface area contributed by atoms with E-state index < -0.39 is 8.32 Å². The van der Waals surface area contributed by atoms with Gasteiger partial charge in [0.2, 0.25) is 0 Å². The fraction of sp³-hybridized carbons (Fsp3) is 0.375. The molecule has 2 heterocycles. The summed E-state index contributed by atoms with van der Waals surface area (Å²) in [4.78, 5) is 20.3. The number of nitrogens with zero attached hydrogens (tertiary/aromatic N) is 2. The number of aliphatic imine (C=N–C) groups is 1. The van der Waals surface area contributed by atoms with Crippen LogP contribution in [0.3, 0.4) is 0 Å². The number of anilines is 1. The van der Waals surface area contributed by atoms with Crippen molar-refractivity contribution < 1.29 is 18.7 Å². The zero-order valence-electron chi connectivity index (χ0n) is 24.6. The molecule has 5 rings (SSSR count). The molecule has 0 aliphatic carbocycles. The number of hydrogen-bond donors (Lipinski definition) is 0. The lowest BCUT2D eigenvalue weighted by Crippen LogP contribution is -2.40. The van der Waals surface area contributed by atoms with Crippen LogP contribution in [0, 0.1) is 14.1 Å². The first-order valence-electron chi connectivity index (χ1n) is 13.7. The van der Waals surface area contributed by atoms with E-state index >= 15 is 0 Å². The van der Waals surface area contributed by atoms with Crippen LogP contribution in [0.1, 0.15) is 53.4 Å². The molecule has 216 valence electrons. The maximum absolute atomic E-state index is 13.7. The normalized spacial score (nSPS) is 16.3. The summed E-state index contributed by atoms with van der Waals surface area (Å²) >= 11 is 4.82. The minimum Gasteiger partial charge on any atom is -0.493 e. The van der Waals surface area contributed by atoms with Crippen LogP contribution in [0.2, 0.25) is 18.1 Å². The highest BCUT2D eigenvalue weighted by atomic mass is 127. The van der Waals surface area contributed by atoms with Crippen molar-refractivity contribution in [1.82, 2.24) is 0 Å². The second kappa shape index (κ2) is 11.6. The van der Waals surface area contributed by atoms with Gasteiger partial charge >= 0.3 is 0 Å². The minimum atomic E-state index is -1.89. The monoisotopic (exact) mass is 794 g/mol. The lowest BCUT2D eigenvalue weighted by atomic mass is 10.1. The van der Waals surface area contributed by atoms with Crippen LogP contribution >= 0.6 is 45.2 Å². The van der Waals surface area contributed by atoms with Gasteiger partial charge in [-0.2, -0.15) is 0 Å². The van der Waals surface area contributed by atoms with Gasteiger partial charge < -0.3 is 13.9 Å². The Hall–Kier alpha value is -1.96. The first kappa shape index (κ1) is 30.5. The zero-order chi connectivity index (χ0) is 29.7. The largest absolute Gasteiger partial charge is 0.493 e. The van der Waals surface area contributed by atoms with Crippen molar-refractivity contribution in [3.8, 4) is 11.5 Å². The van der Waals surface area contributed by atoms with Gasteiger partial charge in [-0.1, -0.05) is 39.0 Å². The van der Waals surface area contributed by atoms with Crippen molar-refractivity contribution in [2.45, 2.75) is 71.5 Å². The number of carbonyl (C=O) groups excluding carboxylic acids is 1. The van der Waals surface area contributed by atoms with Gasteiger partial charge in [0, 0.05) is 37.1 Å². The predicted octanol–water partition coefficient (Wildman–Crippen LogP) is 8.60. The highest BCUT2D eigenvalue weighted by molar-refractivity contribution is 14.1. The lowest BCUT2D eigenvalue weighted by molar-refractivity contribution is 0.0986. The summed E-state index contributed by atoms with van der Waals surface area (Å²) in [6, 6.07) is 13.7. The van der Waals surface area contributed by atoms with Crippen LogP contribution in [0.4, 0.5) is 11.4 Å². The van der Waals surface area contributed by atoms with Gasteiger partial charge in [0.25, 0.3) is 5.91 Å². The Kier molecular flexibility index (Phi) is 8.64. The second-order valence-corrected chi connectivity index (χ2v) is 19.1. The molecule has 41 heavy (non-hydrogen) atoms. The Morgan fingerprint density at radius 2 is 1.76 bits per heavy atom. The fourth-order valence-corrected chi connectivity index (χ4v) is 7.26. The number of halogens is 2. The van der Waals surface area contributed by atoms with E-state index in [9.17, 15) is 4.79 Å². The number of ether oxygens (including phenoxy) is 2. The lowest BCUT2D eigenvalue weighted by Gasteiger charge is -2.36. The molecule has 3 aromatic rings. The van der Waals surface area contributed by atoms with Gasteiger partial charge in [0.15, 0.2) is 19.8 Å². The smallest absolute Gasteiger partial charge is 0.261 e. The maximum Gasteiger partial charge on any atom is 0.261 e. The molecular weight excluding hydrogens is 758 g/mol. The van der Waals surface area contributed by atoms with Crippen molar-refractivity contribution in [3.63, 3.8) is 0 Å². The standard InChI is InChI=1S/C32H36I2N2O4Si/c1-19-21(18-40-41(6,7)32(2,3)4)12-22(30(34)29(19)33)17-39-28-15-25-24(14-27(28)38-5)31(37)36-23(16-35-25)13-20-10-8-9-11-26(20)36/h8-12,14-16,23H,13,17-18H2,1-7H3/t23-/m0/s1. The van der Waals surface area contributed by atoms with Crippen molar-refractivity contribution in [2.24, 2.45) is 4.99 Å². The van der Waals surface area contributed by atoms with E-state index in [4.69, 9.17) is 18.9 Å². The van der Waals surface area contributed by atoms with Crippen LogP contribution < -0.4 is 14.4 Å². The quantitative estimate of drug-likeness (QED) is 0.178. The van der Waals surface area contributed by atoms with Crippen LogP contribution in [0.5, 0.6) is 11.5 Å². The fourth-order valence-electron chi connectivity index (χ4n) is 4.90. The topological polar surface area (TPSA) is 60.4 Å². The van der Waals surface area contributed by atoms with E-state index in [1.165, 1.54) is 14.7 Å². The van der Waals surface area contributed by atoms with Crippen molar-refractivity contribution in [2.75, 3.05) is 12.0 Å². The molecule has 0 saturated heterocycles. The van der Waals surface area contributed by atoms with Gasteiger partial charge in [0.05, 0.1) is 31.0 Å². The van der Waals surface area contributed by atoms with Crippen LogP contribution in [-0.2, 0) is 24.1 Å². The van der Waals surface area contributed by atoms with Crippen LogP contribution in [0.15, 0.2) is 47.5 Å². The average molecular weight is 795 g/mol. The molecule has 9 heteroatoms. The van der Waals surface area contributed by atoms with E-state index in [2.05, 4.69) is 98.1 Å². The highest BCUT2D eigenvalue weighted by Gasteiger charge is 2.38. The van der Waals surface area contributed by atoms with E-state index in [1.807, 2.05) is 35.4 Å². The Morgan fingerprint density at radius 3 is 2.46 bits per heavy atom. The molecule has 0 saturated carbocycles. The Balaban J connectivity index is 1.41. The molecule has 1 amide bonds. The van der Waals surface area contributed by atoms with Gasteiger partial charge in [0.1, 0.15) is 6.61 Å².